The lowest BCUT2D eigenvalue weighted by molar-refractivity contribution is 0.543. The fourth-order valence-corrected chi connectivity index (χ4v) is 0.285. The Bertz CT molecular complexity index is 114. The molecule has 0 aliphatic heterocycles. The molecule has 0 aliphatic rings. The SMILES string of the molecule is C=C(F)C/C(F)=C\C. The minimum atomic E-state index is -0.638. The van der Waals surface area contributed by atoms with Crippen LogP contribution in [-0.4, -0.2) is 0 Å². The topological polar surface area (TPSA) is 0 Å². The van der Waals surface area contributed by atoms with E-state index in [-0.39, 0.29) is 6.42 Å². The van der Waals surface area contributed by atoms with E-state index < -0.39 is 11.7 Å². The number of rotatable bonds is 2. The predicted octanol–water partition coefficient (Wildman–Crippen LogP) is 2.73. The minimum absolute atomic E-state index is 0.281. The van der Waals surface area contributed by atoms with Crippen LogP contribution in [0.1, 0.15) is 13.3 Å². The van der Waals surface area contributed by atoms with Crippen LogP contribution in [0.2, 0.25) is 0 Å². The monoisotopic (exact) mass is 118 g/mol. The molecule has 0 bridgehead atoms. The first kappa shape index (κ1) is 7.34. The zero-order valence-electron chi connectivity index (χ0n) is 4.75. The second-order valence-corrected chi connectivity index (χ2v) is 1.43. The second-order valence-electron chi connectivity index (χ2n) is 1.43. The van der Waals surface area contributed by atoms with Gasteiger partial charge < -0.3 is 0 Å². The van der Waals surface area contributed by atoms with E-state index in [0.29, 0.717) is 0 Å². The maximum absolute atomic E-state index is 11.9. The number of allylic oxidation sites excluding steroid dienone is 3. The van der Waals surface area contributed by atoms with E-state index in [1.807, 2.05) is 0 Å². The van der Waals surface area contributed by atoms with Gasteiger partial charge in [-0.1, -0.05) is 12.7 Å². The van der Waals surface area contributed by atoms with Crippen molar-refractivity contribution >= 4 is 0 Å². The maximum atomic E-state index is 11.9. The highest BCUT2D eigenvalue weighted by molar-refractivity contribution is 4.99. The summed E-state index contributed by atoms with van der Waals surface area (Å²) in [4.78, 5) is 0. The van der Waals surface area contributed by atoms with Gasteiger partial charge in [-0.05, 0) is 6.92 Å². The second kappa shape index (κ2) is 3.36. The molecule has 0 radical (unpaired) electrons. The molecular weight excluding hydrogens is 110 g/mol. The molecule has 0 atom stereocenters. The standard InChI is InChI=1S/C6H8F2/c1-3-6(8)4-5(2)7/h3H,2,4H2,1H3/b6-3+. The van der Waals surface area contributed by atoms with E-state index in [1.165, 1.54) is 13.0 Å². The van der Waals surface area contributed by atoms with Gasteiger partial charge in [-0.2, -0.15) is 0 Å². The molecule has 0 saturated carbocycles. The Labute approximate surface area is 47.5 Å². The summed E-state index contributed by atoms with van der Waals surface area (Å²) >= 11 is 0. The molecule has 0 amide bonds. The Hall–Kier alpha value is -0.660. The van der Waals surface area contributed by atoms with Gasteiger partial charge in [-0.3, -0.25) is 0 Å². The molecule has 0 N–H and O–H groups in total. The first-order chi connectivity index (χ1) is 3.66. The molecule has 46 valence electrons. The fraction of sp³-hybridized carbons (Fsp3) is 0.333. The third-order valence-electron chi connectivity index (χ3n) is 0.674. The van der Waals surface area contributed by atoms with Crippen LogP contribution in [0.25, 0.3) is 0 Å². The van der Waals surface area contributed by atoms with Crippen LogP contribution in [0.4, 0.5) is 8.78 Å². The van der Waals surface area contributed by atoms with Gasteiger partial charge in [0.05, 0.1) is 12.2 Å². The van der Waals surface area contributed by atoms with Crippen LogP contribution in [0.3, 0.4) is 0 Å². The van der Waals surface area contributed by atoms with Gasteiger partial charge >= 0.3 is 0 Å². The van der Waals surface area contributed by atoms with Crippen molar-refractivity contribution in [3.63, 3.8) is 0 Å². The first-order valence-electron chi connectivity index (χ1n) is 2.30. The lowest BCUT2D eigenvalue weighted by atomic mass is 10.3. The Morgan fingerprint density at radius 2 is 2.12 bits per heavy atom. The summed E-state index contributed by atoms with van der Waals surface area (Å²) in [6.07, 6.45) is 0.932. The number of hydrogen-bond donors (Lipinski definition) is 0. The normalized spacial score (nSPS) is 11.6. The highest BCUT2D eigenvalue weighted by Crippen LogP contribution is 2.09. The van der Waals surface area contributed by atoms with E-state index in [4.69, 9.17) is 0 Å². The highest BCUT2D eigenvalue weighted by Gasteiger charge is 1.93. The van der Waals surface area contributed by atoms with E-state index in [1.54, 1.807) is 0 Å². The van der Waals surface area contributed by atoms with Crippen LogP contribution >= 0.6 is 0 Å². The van der Waals surface area contributed by atoms with Crippen molar-refractivity contribution in [3.8, 4) is 0 Å². The highest BCUT2D eigenvalue weighted by atomic mass is 19.1. The molecule has 0 fully saturated rings. The quantitative estimate of drug-likeness (QED) is 0.523. The van der Waals surface area contributed by atoms with E-state index in [2.05, 4.69) is 6.58 Å². The van der Waals surface area contributed by atoms with Crippen molar-refractivity contribution in [1.29, 1.82) is 0 Å². The van der Waals surface area contributed by atoms with Crippen molar-refractivity contribution in [3.05, 3.63) is 24.3 Å². The maximum Gasteiger partial charge on any atom is 0.102 e. The zero-order chi connectivity index (χ0) is 6.57. The third-order valence-corrected chi connectivity index (χ3v) is 0.674. The average Bonchev–Trinajstić information content (AvgIpc) is 1.65. The summed E-state index contributed by atoms with van der Waals surface area (Å²) in [6, 6.07) is 0. The average molecular weight is 118 g/mol. The molecule has 0 aromatic rings. The Morgan fingerprint density at radius 1 is 1.62 bits per heavy atom. The molecule has 8 heavy (non-hydrogen) atoms. The van der Waals surface area contributed by atoms with Crippen molar-refractivity contribution in [2.45, 2.75) is 13.3 Å². The van der Waals surface area contributed by atoms with Gasteiger partial charge in [0.15, 0.2) is 0 Å². The van der Waals surface area contributed by atoms with Gasteiger partial charge in [0.25, 0.3) is 0 Å². The molecule has 0 aromatic carbocycles. The molecule has 0 nitrogen and oxygen atoms in total. The molecule has 0 saturated heterocycles. The van der Waals surface area contributed by atoms with Crippen molar-refractivity contribution in [2.75, 3.05) is 0 Å². The Balaban J connectivity index is 3.56. The van der Waals surface area contributed by atoms with Crippen LogP contribution < -0.4 is 0 Å². The Morgan fingerprint density at radius 3 is 2.25 bits per heavy atom. The molecule has 0 aromatic heterocycles. The fourth-order valence-electron chi connectivity index (χ4n) is 0.285. The van der Waals surface area contributed by atoms with Gasteiger partial charge in [-0.15, -0.1) is 0 Å². The number of halogens is 2. The van der Waals surface area contributed by atoms with Crippen molar-refractivity contribution in [2.24, 2.45) is 0 Å². The lowest BCUT2D eigenvalue weighted by Gasteiger charge is -1.87. The predicted molar refractivity (Wildman–Crippen MR) is 29.7 cm³/mol. The van der Waals surface area contributed by atoms with Crippen LogP contribution in [-0.2, 0) is 0 Å². The van der Waals surface area contributed by atoms with Crippen LogP contribution in [0.15, 0.2) is 24.3 Å². The van der Waals surface area contributed by atoms with Crippen LogP contribution in [0.5, 0.6) is 0 Å². The van der Waals surface area contributed by atoms with Crippen molar-refractivity contribution < 1.29 is 8.78 Å². The minimum Gasteiger partial charge on any atom is -0.212 e. The smallest absolute Gasteiger partial charge is 0.102 e. The number of hydrogen-bond acceptors (Lipinski definition) is 0. The summed E-state index contributed by atoms with van der Waals surface area (Å²) in [5.74, 6) is -1.11. The molecule has 0 unspecified atom stereocenters. The molecule has 0 aliphatic carbocycles. The summed E-state index contributed by atoms with van der Waals surface area (Å²) < 4.78 is 23.6. The summed E-state index contributed by atoms with van der Waals surface area (Å²) in [6.45, 7) is 4.41. The molecular formula is C6H8F2. The van der Waals surface area contributed by atoms with Crippen molar-refractivity contribution in [1.82, 2.24) is 0 Å². The summed E-state index contributed by atoms with van der Waals surface area (Å²) in [5, 5.41) is 0. The first-order valence-corrected chi connectivity index (χ1v) is 2.30. The Kier molecular flexibility index (Phi) is 3.08. The summed E-state index contributed by atoms with van der Waals surface area (Å²) in [5.41, 5.74) is 0. The van der Waals surface area contributed by atoms with E-state index in [0.717, 1.165) is 0 Å². The zero-order valence-corrected chi connectivity index (χ0v) is 4.75. The molecule has 0 heterocycles. The molecule has 0 spiro atoms. The van der Waals surface area contributed by atoms with Gasteiger partial charge in [0.1, 0.15) is 5.83 Å². The molecule has 0 rings (SSSR count). The van der Waals surface area contributed by atoms with Gasteiger partial charge in [-0.25, -0.2) is 8.78 Å². The lowest BCUT2D eigenvalue weighted by Crippen LogP contribution is -1.71. The third kappa shape index (κ3) is 3.53. The van der Waals surface area contributed by atoms with Crippen LogP contribution in [0, 0.1) is 0 Å². The largest absolute Gasteiger partial charge is 0.212 e. The summed E-state index contributed by atoms with van der Waals surface area (Å²) in [7, 11) is 0. The molecule has 2 heteroatoms. The van der Waals surface area contributed by atoms with E-state index in [9.17, 15) is 8.78 Å². The van der Waals surface area contributed by atoms with Gasteiger partial charge in [0, 0.05) is 0 Å². The van der Waals surface area contributed by atoms with Gasteiger partial charge in [0.2, 0.25) is 0 Å². The van der Waals surface area contributed by atoms with E-state index >= 15 is 0 Å².